The molecule has 180 valence electrons. The number of halogens is 1. The highest BCUT2D eigenvalue weighted by Gasteiger charge is 2.26. The Balaban J connectivity index is 1.35. The quantitative estimate of drug-likeness (QED) is 0.304. The molecule has 0 bridgehead atoms. The molecule has 1 unspecified atom stereocenters. The average Bonchev–Trinajstić information content (AvgIpc) is 3.56. The number of nitrogens with one attached hydrogen (secondary N) is 2. The van der Waals surface area contributed by atoms with E-state index in [1.54, 1.807) is 5.51 Å². The molecule has 1 aromatic carbocycles. The van der Waals surface area contributed by atoms with Crippen molar-refractivity contribution in [3.63, 3.8) is 0 Å². The number of likely N-dealkylation sites (tertiary alicyclic amines) is 1. The lowest BCUT2D eigenvalue weighted by Gasteiger charge is -2.31. The van der Waals surface area contributed by atoms with Gasteiger partial charge in [-0.3, -0.25) is 4.79 Å². The third-order valence-corrected chi connectivity index (χ3v) is 7.19. The maximum atomic E-state index is 11.9. The summed E-state index contributed by atoms with van der Waals surface area (Å²) >= 11 is 8.07. The van der Waals surface area contributed by atoms with E-state index in [4.69, 9.17) is 16.3 Å². The van der Waals surface area contributed by atoms with Gasteiger partial charge in [-0.2, -0.15) is 0 Å². The standard InChI is InChI=1S/C25H25ClN6O2S/c1-3-22(33)32-8-6-16(7-9-32)18-11-27-24-23(18)25(29-13-28-24)31-17-4-5-21(19(26)10-17)34-15(2)20-12-35-14-30-20/h3-5,10-16H,1,6-9H2,2H3,(H2,27,28,29,31). The summed E-state index contributed by atoms with van der Waals surface area (Å²) in [7, 11) is 0. The Bertz CT molecular complexity index is 1350. The summed E-state index contributed by atoms with van der Waals surface area (Å²) in [6.07, 6.45) is 6.46. The van der Waals surface area contributed by atoms with Crippen molar-refractivity contribution in [3.05, 3.63) is 70.5 Å². The Morgan fingerprint density at radius 2 is 2.17 bits per heavy atom. The fourth-order valence-corrected chi connectivity index (χ4v) is 5.29. The highest BCUT2D eigenvalue weighted by molar-refractivity contribution is 7.07. The van der Waals surface area contributed by atoms with Gasteiger partial charge in [0.15, 0.2) is 0 Å². The lowest BCUT2D eigenvalue weighted by molar-refractivity contribution is -0.127. The predicted octanol–water partition coefficient (Wildman–Crippen LogP) is 5.84. The van der Waals surface area contributed by atoms with Gasteiger partial charge in [-0.25, -0.2) is 15.0 Å². The van der Waals surface area contributed by atoms with Crippen LogP contribution in [0.15, 0.2) is 54.3 Å². The van der Waals surface area contributed by atoms with Crippen molar-refractivity contribution in [2.45, 2.75) is 31.8 Å². The number of carbonyl (C=O) groups excluding carboxylic acids is 1. The number of anilines is 2. The van der Waals surface area contributed by atoms with Gasteiger partial charge in [0.05, 0.1) is 21.6 Å². The lowest BCUT2D eigenvalue weighted by atomic mass is 9.89. The number of hydrogen-bond acceptors (Lipinski definition) is 7. The molecule has 1 aliphatic rings. The molecule has 0 aliphatic carbocycles. The number of nitrogens with zero attached hydrogens (tertiary/aromatic N) is 4. The summed E-state index contributed by atoms with van der Waals surface area (Å²) in [5, 5.41) is 6.81. The van der Waals surface area contributed by atoms with Crippen molar-refractivity contribution in [1.29, 1.82) is 0 Å². The second-order valence-corrected chi connectivity index (χ2v) is 9.56. The van der Waals surface area contributed by atoms with Gasteiger partial charge < -0.3 is 19.9 Å². The molecule has 4 aromatic rings. The number of piperidine rings is 1. The van der Waals surface area contributed by atoms with Crippen LogP contribution in [0.4, 0.5) is 11.5 Å². The van der Waals surface area contributed by atoms with Gasteiger partial charge in [0.25, 0.3) is 0 Å². The van der Waals surface area contributed by atoms with Gasteiger partial charge in [-0.15, -0.1) is 11.3 Å². The van der Waals surface area contributed by atoms with Crippen LogP contribution >= 0.6 is 22.9 Å². The van der Waals surface area contributed by atoms with E-state index < -0.39 is 0 Å². The van der Waals surface area contributed by atoms with E-state index >= 15 is 0 Å². The van der Waals surface area contributed by atoms with Crippen LogP contribution in [-0.2, 0) is 4.79 Å². The number of amides is 1. The summed E-state index contributed by atoms with van der Waals surface area (Å²) in [5.41, 5.74) is 5.37. The lowest BCUT2D eigenvalue weighted by Crippen LogP contribution is -2.36. The topological polar surface area (TPSA) is 96.0 Å². The van der Waals surface area contributed by atoms with Crippen molar-refractivity contribution in [2.75, 3.05) is 18.4 Å². The zero-order valence-corrected chi connectivity index (χ0v) is 20.8. The van der Waals surface area contributed by atoms with E-state index in [0.29, 0.717) is 35.6 Å². The van der Waals surface area contributed by atoms with Crippen LogP contribution in [0.25, 0.3) is 11.0 Å². The van der Waals surface area contributed by atoms with E-state index in [0.717, 1.165) is 40.8 Å². The number of carbonyl (C=O) groups is 1. The zero-order chi connectivity index (χ0) is 24.4. The first-order valence-corrected chi connectivity index (χ1v) is 12.7. The first kappa shape index (κ1) is 23.3. The van der Waals surface area contributed by atoms with E-state index in [1.165, 1.54) is 23.7 Å². The molecule has 1 aliphatic heterocycles. The number of aromatic nitrogens is 4. The Morgan fingerprint density at radius 3 is 2.89 bits per heavy atom. The summed E-state index contributed by atoms with van der Waals surface area (Å²) < 4.78 is 6.00. The molecular weight excluding hydrogens is 484 g/mol. The van der Waals surface area contributed by atoms with Crippen LogP contribution in [0.5, 0.6) is 5.75 Å². The Kier molecular flexibility index (Phi) is 6.70. The van der Waals surface area contributed by atoms with Crippen molar-refractivity contribution in [3.8, 4) is 5.75 Å². The van der Waals surface area contributed by atoms with E-state index in [1.807, 2.05) is 41.6 Å². The number of thiazole rings is 1. The molecule has 0 saturated carbocycles. The molecule has 2 N–H and O–H groups in total. The maximum Gasteiger partial charge on any atom is 0.245 e. The molecule has 1 fully saturated rings. The fraction of sp³-hybridized carbons (Fsp3) is 0.280. The molecule has 8 nitrogen and oxygen atoms in total. The first-order valence-electron chi connectivity index (χ1n) is 11.4. The number of benzene rings is 1. The third kappa shape index (κ3) is 4.87. The van der Waals surface area contributed by atoms with Crippen molar-refractivity contribution < 1.29 is 9.53 Å². The summed E-state index contributed by atoms with van der Waals surface area (Å²) in [5.74, 6) is 1.58. The first-order chi connectivity index (χ1) is 17.0. The van der Waals surface area contributed by atoms with Crippen LogP contribution in [-0.4, -0.2) is 43.8 Å². The second-order valence-electron chi connectivity index (χ2n) is 8.44. The van der Waals surface area contributed by atoms with E-state index in [2.05, 4.69) is 31.8 Å². The number of hydrogen-bond donors (Lipinski definition) is 2. The summed E-state index contributed by atoms with van der Waals surface area (Å²) in [4.78, 5) is 30.3. The Labute approximate surface area is 212 Å². The minimum absolute atomic E-state index is 0.0154. The molecule has 3 aromatic heterocycles. The normalized spacial score (nSPS) is 15.2. The van der Waals surface area contributed by atoms with Gasteiger partial charge >= 0.3 is 0 Å². The minimum Gasteiger partial charge on any atom is -0.483 e. The number of H-pyrrole nitrogens is 1. The number of rotatable bonds is 7. The Hall–Kier alpha value is -3.43. The molecular formula is C25H25ClN6O2S. The van der Waals surface area contributed by atoms with Gasteiger partial charge in [-0.1, -0.05) is 18.2 Å². The summed E-state index contributed by atoms with van der Waals surface area (Å²) in [6, 6.07) is 5.58. The third-order valence-electron chi connectivity index (χ3n) is 6.29. The van der Waals surface area contributed by atoms with Crippen molar-refractivity contribution >= 4 is 51.4 Å². The van der Waals surface area contributed by atoms with Gasteiger partial charge in [0, 0.05) is 30.4 Å². The van der Waals surface area contributed by atoms with Gasteiger partial charge in [0.1, 0.15) is 29.6 Å². The van der Waals surface area contributed by atoms with Crippen LogP contribution in [0.2, 0.25) is 5.02 Å². The number of ether oxygens (including phenoxy) is 1. The van der Waals surface area contributed by atoms with Crippen LogP contribution < -0.4 is 10.1 Å². The molecule has 4 heterocycles. The predicted molar refractivity (Wildman–Crippen MR) is 139 cm³/mol. The molecule has 1 atom stereocenters. The highest BCUT2D eigenvalue weighted by atomic mass is 35.5. The number of fused-ring (bicyclic) bond motifs is 1. The molecule has 0 radical (unpaired) electrons. The SMILES string of the molecule is C=CC(=O)N1CCC(c2c[nH]c3ncnc(Nc4ccc(OC(C)c5cscn5)c(Cl)c4)c23)CC1. The monoisotopic (exact) mass is 508 g/mol. The molecule has 5 rings (SSSR count). The molecule has 1 saturated heterocycles. The van der Waals surface area contributed by atoms with Gasteiger partial charge in [0.2, 0.25) is 5.91 Å². The van der Waals surface area contributed by atoms with Crippen molar-refractivity contribution in [1.82, 2.24) is 24.8 Å². The molecule has 10 heteroatoms. The fourth-order valence-electron chi connectivity index (χ4n) is 4.43. The minimum atomic E-state index is -0.199. The van der Waals surface area contributed by atoms with Crippen LogP contribution in [0, 0.1) is 0 Å². The average molecular weight is 509 g/mol. The number of aromatic amines is 1. The Morgan fingerprint density at radius 1 is 1.34 bits per heavy atom. The van der Waals surface area contributed by atoms with Crippen LogP contribution in [0.3, 0.4) is 0 Å². The molecule has 35 heavy (non-hydrogen) atoms. The second kappa shape index (κ2) is 10.1. The molecule has 1 amide bonds. The van der Waals surface area contributed by atoms with Crippen LogP contribution in [0.1, 0.15) is 43.0 Å². The smallest absolute Gasteiger partial charge is 0.245 e. The zero-order valence-electron chi connectivity index (χ0n) is 19.2. The van der Waals surface area contributed by atoms with Crippen molar-refractivity contribution in [2.24, 2.45) is 0 Å². The van der Waals surface area contributed by atoms with E-state index in [9.17, 15) is 4.79 Å². The van der Waals surface area contributed by atoms with E-state index in [-0.39, 0.29) is 12.0 Å². The summed E-state index contributed by atoms with van der Waals surface area (Å²) in [6.45, 7) is 6.95. The molecule has 0 spiro atoms. The maximum absolute atomic E-state index is 11.9. The largest absolute Gasteiger partial charge is 0.483 e. The van der Waals surface area contributed by atoms with Gasteiger partial charge in [-0.05, 0) is 55.5 Å². The highest BCUT2D eigenvalue weighted by Crippen LogP contribution is 2.37.